The summed E-state index contributed by atoms with van der Waals surface area (Å²) in [5.41, 5.74) is 4.52. The van der Waals surface area contributed by atoms with Crippen LogP contribution < -0.4 is 4.74 Å². The minimum atomic E-state index is -0.341. The van der Waals surface area contributed by atoms with E-state index in [2.05, 4.69) is 10.2 Å². The summed E-state index contributed by atoms with van der Waals surface area (Å²) in [6.45, 7) is 5.21. The number of hydrogen-bond acceptors (Lipinski definition) is 4. The van der Waals surface area contributed by atoms with E-state index in [0.29, 0.717) is 18.9 Å². The minimum absolute atomic E-state index is 0.316. The summed E-state index contributed by atoms with van der Waals surface area (Å²) < 4.78 is 29.4. The Morgan fingerprint density at radius 2 is 1.88 bits per heavy atom. The molecule has 0 N–H and O–H groups in total. The number of aromatic nitrogens is 4. The van der Waals surface area contributed by atoms with Crippen molar-refractivity contribution in [2.45, 2.75) is 39.5 Å². The normalized spacial score (nSPS) is 12.1. The summed E-state index contributed by atoms with van der Waals surface area (Å²) in [4.78, 5) is 0. The lowest BCUT2D eigenvalue weighted by Crippen LogP contribution is -2.10. The van der Waals surface area contributed by atoms with Gasteiger partial charge in [-0.3, -0.25) is 4.68 Å². The Morgan fingerprint density at radius 3 is 2.59 bits per heavy atom. The number of methoxy groups -OCH3 is 1. The second-order valence-electron chi connectivity index (χ2n) is 7.61. The summed E-state index contributed by atoms with van der Waals surface area (Å²) in [5, 5.41) is 8.96. The summed E-state index contributed by atoms with van der Waals surface area (Å²) >= 11 is 0. The minimum Gasteiger partial charge on any atom is -0.480 e. The third-order valence-corrected chi connectivity index (χ3v) is 5.36. The lowest BCUT2D eigenvalue weighted by atomic mass is 10.1. The first-order valence-corrected chi connectivity index (χ1v) is 10.7. The van der Waals surface area contributed by atoms with Gasteiger partial charge in [-0.05, 0) is 43.2 Å². The van der Waals surface area contributed by atoms with Crippen LogP contribution in [0.1, 0.15) is 42.3 Å². The number of hydrogen-bond donors (Lipinski definition) is 0. The number of aryl methyl sites for hydroxylation is 1. The van der Waals surface area contributed by atoms with Gasteiger partial charge in [-0.15, -0.1) is 5.10 Å². The van der Waals surface area contributed by atoms with Gasteiger partial charge in [0.2, 0.25) is 5.88 Å². The molecule has 0 aliphatic rings. The lowest BCUT2D eigenvalue weighted by molar-refractivity contribution is 0.0522. The maximum Gasteiger partial charge on any atom is 0.233 e. The van der Waals surface area contributed by atoms with Gasteiger partial charge in [-0.2, -0.15) is 5.10 Å². The molecule has 2 heterocycles. The number of rotatable bonds is 9. The molecule has 0 radical (unpaired) electrons. The molecule has 7 heteroatoms. The van der Waals surface area contributed by atoms with Gasteiger partial charge in [0.05, 0.1) is 37.4 Å². The van der Waals surface area contributed by atoms with E-state index < -0.39 is 0 Å². The molecule has 0 fully saturated rings. The van der Waals surface area contributed by atoms with Gasteiger partial charge in [0, 0.05) is 30.8 Å². The van der Waals surface area contributed by atoms with E-state index in [1.165, 1.54) is 12.1 Å². The van der Waals surface area contributed by atoms with Gasteiger partial charge in [0.1, 0.15) is 5.82 Å². The molecule has 166 valence electrons. The van der Waals surface area contributed by atoms with Gasteiger partial charge < -0.3 is 9.47 Å². The first-order valence-electron chi connectivity index (χ1n) is 10.7. The summed E-state index contributed by atoms with van der Waals surface area (Å²) in [7, 11) is 1.59. The van der Waals surface area contributed by atoms with Gasteiger partial charge in [-0.25, -0.2) is 9.07 Å². The third-order valence-electron chi connectivity index (χ3n) is 5.36. The molecule has 0 amide bonds. The Morgan fingerprint density at radius 1 is 1.06 bits per heavy atom. The number of halogens is 1. The number of nitrogens with zero attached hydrogens (tertiary/aromatic N) is 4. The van der Waals surface area contributed by atoms with Crippen LogP contribution >= 0.6 is 0 Å². The predicted molar refractivity (Wildman–Crippen MR) is 120 cm³/mol. The van der Waals surface area contributed by atoms with Gasteiger partial charge in [-0.1, -0.05) is 30.3 Å². The first-order chi connectivity index (χ1) is 15.6. The van der Waals surface area contributed by atoms with E-state index in [4.69, 9.17) is 9.47 Å². The number of benzene rings is 2. The highest BCUT2D eigenvalue weighted by atomic mass is 19.1. The van der Waals surface area contributed by atoms with Gasteiger partial charge in [0.25, 0.3) is 0 Å². The predicted octanol–water partition coefficient (Wildman–Crippen LogP) is 5.11. The number of ether oxygens (including phenoxy) is 2. The topological polar surface area (TPSA) is 54.1 Å². The van der Waals surface area contributed by atoms with Crippen molar-refractivity contribution in [1.82, 2.24) is 19.6 Å². The Labute approximate surface area is 187 Å². The van der Waals surface area contributed by atoms with Gasteiger partial charge in [0.15, 0.2) is 0 Å². The largest absolute Gasteiger partial charge is 0.480 e. The van der Waals surface area contributed by atoms with E-state index in [-0.39, 0.29) is 11.9 Å². The third kappa shape index (κ3) is 4.89. The molecule has 4 aromatic rings. The molecule has 0 aliphatic heterocycles. The molecule has 0 aliphatic carbocycles. The Balaban J connectivity index is 1.66. The van der Waals surface area contributed by atoms with Gasteiger partial charge >= 0.3 is 0 Å². The van der Waals surface area contributed by atoms with Crippen LogP contribution in [-0.4, -0.2) is 26.7 Å². The fourth-order valence-corrected chi connectivity index (χ4v) is 3.64. The fourth-order valence-electron chi connectivity index (χ4n) is 3.64. The van der Waals surface area contributed by atoms with Crippen molar-refractivity contribution in [2.75, 3.05) is 7.11 Å². The van der Waals surface area contributed by atoms with Crippen LogP contribution in [0.5, 0.6) is 5.88 Å². The van der Waals surface area contributed by atoms with Crippen LogP contribution in [-0.2, 0) is 24.3 Å². The molecule has 6 nitrogen and oxygen atoms in total. The van der Waals surface area contributed by atoms with Crippen LogP contribution in [0.3, 0.4) is 0 Å². The van der Waals surface area contributed by atoms with Crippen LogP contribution in [0.15, 0.2) is 67.0 Å². The quantitative estimate of drug-likeness (QED) is 0.368. The molecular formula is C25H27FN4O2. The van der Waals surface area contributed by atoms with E-state index in [1.807, 2.05) is 67.3 Å². The highest BCUT2D eigenvalue weighted by molar-refractivity contribution is 5.45. The standard InChI is InChI=1S/C25H27FN4O2/c1-4-29-16-20(15-27-29)12-22-14-25(31-3)28-30(22)24-11-10-21(26)13-23(24)18(2)32-17-19-8-6-5-7-9-19/h5-11,13-16,18H,4,12,17H2,1-3H3. The zero-order valence-electron chi connectivity index (χ0n) is 18.5. The molecule has 0 saturated heterocycles. The lowest BCUT2D eigenvalue weighted by Gasteiger charge is -2.19. The van der Waals surface area contributed by atoms with Crippen molar-refractivity contribution < 1.29 is 13.9 Å². The molecule has 0 bridgehead atoms. The summed E-state index contributed by atoms with van der Waals surface area (Å²) in [5.74, 6) is 0.180. The fraction of sp³-hybridized carbons (Fsp3) is 0.280. The highest BCUT2D eigenvalue weighted by Gasteiger charge is 2.19. The van der Waals surface area contributed by atoms with Crippen molar-refractivity contribution in [3.8, 4) is 11.6 Å². The average Bonchev–Trinajstić information content (AvgIpc) is 3.45. The molecule has 1 atom stereocenters. The van der Waals surface area contributed by atoms with E-state index in [9.17, 15) is 4.39 Å². The maximum absolute atomic E-state index is 14.2. The van der Waals surface area contributed by atoms with Crippen molar-refractivity contribution in [2.24, 2.45) is 0 Å². The zero-order valence-corrected chi connectivity index (χ0v) is 18.5. The van der Waals surface area contributed by atoms with E-state index >= 15 is 0 Å². The molecule has 2 aromatic heterocycles. The first kappa shape index (κ1) is 21.8. The van der Waals surface area contributed by atoms with Crippen molar-refractivity contribution in [1.29, 1.82) is 0 Å². The average molecular weight is 435 g/mol. The molecular weight excluding hydrogens is 407 g/mol. The molecule has 1 unspecified atom stereocenters. The molecule has 2 aromatic carbocycles. The zero-order chi connectivity index (χ0) is 22.5. The van der Waals surface area contributed by atoms with Crippen LogP contribution in [0, 0.1) is 5.82 Å². The summed E-state index contributed by atoms with van der Waals surface area (Å²) in [6.07, 6.45) is 4.14. The Hall–Kier alpha value is -3.45. The van der Waals surface area contributed by atoms with Crippen LogP contribution in [0.25, 0.3) is 5.69 Å². The van der Waals surface area contributed by atoms with Crippen LogP contribution in [0.2, 0.25) is 0 Å². The van der Waals surface area contributed by atoms with Crippen molar-refractivity contribution in [3.05, 3.63) is 95.2 Å². The maximum atomic E-state index is 14.2. The smallest absolute Gasteiger partial charge is 0.233 e. The SMILES string of the molecule is CCn1cc(Cc2cc(OC)nn2-c2ccc(F)cc2C(C)OCc2ccccc2)cn1. The Bertz CT molecular complexity index is 1170. The monoisotopic (exact) mass is 434 g/mol. The molecule has 0 saturated carbocycles. The summed E-state index contributed by atoms with van der Waals surface area (Å²) in [6, 6.07) is 16.5. The Kier molecular flexibility index (Phi) is 6.66. The molecule has 4 rings (SSSR count). The second kappa shape index (κ2) is 9.78. The highest BCUT2D eigenvalue weighted by Crippen LogP contribution is 2.29. The van der Waals surface area contributed by atoms with Crippen molar-refractivity contribution in [3.63, 3.8) is 0 Å². The van der Waals surface area contributed by atoms with E-state index in [0.717, 1.165) is 34.6 Å². The second-order valence-corrected chi connectivity index (χ2v) is 7.61. The van der Waals surface area contributed by atoms with Crippen LogP contribution in [0.4, 0.5) is 4.39 Å². The molecule has 32 heavy (non-hydrogen) atoms. The van der Waals surface area contributed by atoms with E-state index in [1.54, 1.807) is 17.9 Å². The van der Waals surface area contributed by atoms with Crippen molar-refractivity contribution >= 4 is 0 Å². The molecule has 0 spiro atoms.